The molecule has 4 atom stereocenters. The van der Waals surface area contributed by atoms with Crippen LogP contribution in [0.3, 0.4) is 0 Å². The smallest absolute Gasteiger partial charge is 0.315 e. The average Bonchev–Trinajstić information content (AvgIpc) is 3.56. The van der Waals surface area contributed by atoms with Crippen LogP contribution in [0.15, 0.2) is 35.8 Å². The molecule has 0 unspecified atom stereocenters. The van der Waals surface area contributed by atoms with Crippen LogP contribution >= 0.6 is 11.3 Å². The van der Waals surface area contributed by atoms with Crippen LogP contribution in [0, 0.1) is 5.41 Å². The van der Waals surface area contributed by atoms with Gasteiger partial charge in [0.1, 0.15) is 28.6 Å². The lowest BCUT2D eigenvalue weighted by molar-refractivity contribution is -0.144. The molecule has 1 aliphatic heterocycles. The summed E-state index contributed by atoms with van der Waals surface area (Å²) in [5.41, 5.74) is -0.0870. The summed E-state index contributed by atoms with van der Waals surface area (Å²) >= 11 is 1.40. The highest BCUT2D eigenvalue weighted by Gasteiger charge is 2.47. The molecule has 0 radical (unpaired) electrons. The van der Waals surface area contributed by atoms with Crippen LogP contribution in [0.4, 0.5) is 4.79 Å². The minimum Gasteiger partial charge on any atom is -0.471 e. The first-order valence-electron chi connectivity index (χ1n) is 17.4. The number of thiophene rings is 1. The van der Waals surface area contributed by atoms with Gasteiger partial charge in [0.15, 0.2) is 5.82 Å². The molecule has 3 aromatic rings. The fourth-order valence-corrected chi connectivity index (χ4v) is 6.61. The zero-order chi connectivity index (χ0) is 37.1. The van der Waals surface area contributed by atoms with Gasteiger partial charge >= 0.3 is 6.03 Å². The number of Topliss-reactive ketones (excluding diaryl/α,β-unsaturated/α-hetero) is 1. The zero-order valence-corrected chi connectivity index (χ0v) is 31.1. The molecular formula is C36H48N8O6S. The van der Waals surface area contributed by atoms with E-state index in [0.717, 1.165) is 12.8 Å². The molecule has 4 N–H and O–H groups in total. The molecule has 51 heavy (non-hydrogen) atoms. The number of hydrogen-bond acceptors (Lipinski definition) is 10. The van der Waals surface area contributed by atoms with Crippen LogP contribution in [-0.4, -0.2) is 91.7 Å². The third-order valence-electron chi connectivity index (χ3n) is 8.52. The van der Waals surface area contributed by atoms with Crippen molar-refractivity contribution in [3.05, 3.63) is 35.8 Å². The minimum atomic E-state index is -1.07. The van der Waals surface area contributed by atoms with Crippen LogP contribution in [0.25, 0.3) is 21.7 Å². The second-order valence-corrected chi connectivity index (χ2v) is 16.2. The Hall–Kier alpha value is -4.66. The molecule has 1 aliphatic carbocycles. The van der Waals surface area contributed by atoms with Gasteiger partial charge in [0.25, 0.3) is 5.91 Å². The number of carbonyl (C=O) groups excluding carboxylic acids is 5. The van der Waals surface area contributed by atoms with Crippen molar-refractivity contribution in [3.63, 3.8) is 0 Å². The Kier molecular flexibility index (Phi) is 11.3. The summed E-state index contributed by atoms with van der Waals surface area (Å²) in [5, 5.41) is 13.0. The van der Waals surface area contributed by atoms with E-state index in [1.165, 1.54) is 16.2 Å². The van der Waals surface area contributed by atoms with Gasteiger partial charge in [-0.3, -0.25) is 24.2 Å². The van der Waals surface area contributed by atoms with Gasteiger partial charge in [0.05, 0.1) is 18.1 Å². The number of amides is 5. The van der Waals surface area contributed by atoms with Gasteiger partial charge in [-0.05, 0) is 69.0 Å². The first kappa shape index (κ1) is 37.6. The number of likely N-dealkylation sites (tertiary alicyclic amines) is 1. The first-order valence-corrected chi connectivity index (χ1v) is 18.3. The summed E-state index contributed by atoms with van der Waals surface area (Å²) in [5.74, 6) is -1.88. The standard InChI is InChI=1S/C36H48N8O6S/c1-8-11-22(26(45)31(47)38-20-13-14-20)40-30(46)25-18-21(19-44(25)33(48)28(35(2,3)4)41-34(49)43-36(5,6)7)50-32-27-23(15-17-51-27)39-29(42-32)24-12-9-10-16-37-24/h9-10,12,15-17,20-22,25,28H,8,11,13-14,18-19H2,1-7H3,(H,38,47)(H,40,46)(H2,41,43,49)/t21-,22+,25+,28-/m1/s1. The molecule has 3 aromatic heterocycles. The van der Waals surface area contributed by atoms with Crippen LogP contribution in [0.1, 0.15) is 80.6 Å². The van der Waals surface area contributed by atoms with Crippen LogP contribution < -0.4 is 26.0 Å². The molecule has 0 bridgehead atoms. The Morgan fingerprint density at radius 2 is 1.76 bits per heavy atom. The molecule has 14 nitrogen and oxygen atoms in total. The SMILES string of the molecule is CCC[C@H](NC(=O)[C@@H]1C[C@@H](Oc2nc(-c3ccccn3)nc3ccsc23)CN1C(=O)[C@@H](NC(=O)NC(C)(C)C)C(C)(C)C)C(=O)C(=O)NC1CC1. The highest BCUT2D eigenvalue weighted by molar-refractivity contribution is 7.17. The second-order valence-electron chi connectivity index (χ2n) is 15.3. The van der Waals surface area contributed by atoms with Crippen molar-refractivity contribution >= 4 is 51.1 Å². The molecule has 4 heterocycles. The fourth-order valence-electron chi connectivity index (χ4n) is 5.85. The quantitative estimate of drug-likeness (QED) is 0.203. The number of rotatable bonds is 12. The third kappa shape index (κ3) is 9.57. The highest BCUT2D eigenvalue weighted by atomic mass is 32.1. The normalized spacial score (nSPS) is 18.8. The van der Waals surface area contributed by atoms with E-state index in [9.17, 15) is 24.0 Å². The number of pyridine rings is 1. The monoisotopic (exact) mass is 720 g/mol. The number of hydrogen-bond donors (Lipinski definition) is 4. The molecule has 0 aromatic carbocycles. The van der Waals surface area contributed by atoms with Crippen molar-refractivity contribution in [1.82, 2.24) is 41.1 Å². The van der Waals surface area contributed by atoms with E-state index in [1.54, 1.807) is 18.3 Å². The van der Waals surface area contributed by atoms with Gasteiger partial charge in [-0.15, -0.1) is 11.3 Å². The van der Waals surface area contributed by atoms with E-state index in [-0.39, 0.29) is 25.4 Å². The maximum Gasteiger partial charge on any atom is 0.315 e. The minimum absolute atomic E-state index is 0.00355. The van der Waals surface area contributed by atoms with Crippen LogP contribution in [0.2, 0.25) is 0 Å². The average molecular weight is 721 g/mol. The van der Waals surface area contributed by atoms with E-state index in [4.69, 9.17) is 9.72 Å². The Morgan fingerprint density at radius 3 is 2.39 bits per heavy atom. The van der Waals surface area contributed by atoms with E-state index in [1.807, 2.05) is 66.0 Å². The van der Waals surface area contributed by atoms with Gasteiger partial charge in [0.2, 0.25) is 23.5 Å². The molecule has 15 heteroatoms. The van der Waals surface area contributed by atoms with Crippen molar-refractivity contribution in [2.24, 2.45) is 5.41 Å². The summed E-state index contributed by atoms with van der Waals surface area (Å²) in [6.45, 7) is 12.8. The lowest BCUT2D eigenvalue weighted by Crippen LogP contribution is -2.61. The predicted octanol–water partition coefficient (Wildman–Crippen LogP) is 3.75. The number of nitrogens with one attached hydrogen (secondary N) is 4. The Morgan fingerprint density at radius 1 is 1.02 bits per heavy atom. The predicted molar refractivity (Wildman–Crippen MR) is 193 cm³/mol. The second kappa shape index (κ2) is 15.3. The fraction of sp³-hybridized carbons (Fsp3) is 0.556. The number of urea groups is 1. The molecule has 2 fully saturated rings. The molecule has 5 amide bonds. The van der Waals surface area contributed by atoms with Gasteiger partial charge in [-0.1, -0.05) is 40.2 Å². The molecule has 2 aliphatic rings. The van der Waals surface area contributed by atoms with Crippen molar-refractivity contribution in [2.45, 2.75) is 116 Å². The number of ether oxygens (including phenoxy) is 1. The number of ketones is 1. The van der Waals surface area contributed by atoms with Gasteiger partial charge in [-0.2, -0.15) is 4.98 Å². The van der Waals surface area contributed by atoms with Crippen LogP contribution in [-0.2, 0) is 19.2 Å². The summed E-state index contributed by atoms with van der Waals surface area (Å²) in [7, 11) is 0. The van der Waals surface area contributed by atoms with Crippen molar-refractivity contribution < 1.29 is 28.7 Å². The maximum atomic E-state index is 14.5. The first-order chi connectivity index (χ1) is 24.0. The van der Waals surface area contributed by atoms with E-state index >= 15 is 0 Å². The summed E-state index contributed by atoms with van der Waals surface area (Å²) in [6, 6.07) is 3.57. The van der Waals surface area contributed by atoms with Crippen molar-refractivity contribution in [1.29, 1.82) is 0 Å². The molecule has 1 saturated heterocycles. The summed E-state index contributed by atoms with van der Waals surface area (Å²) in [6.07, 6.45) is 3.44. The van der Waals surface area contributed by atoms with Crippen molar-refractivity contribution in [2.75, 3.05) is 6.54 Å². The molecule has 274 valence electrons. The molecule has 5 rings (SSSR count). The Balaban J connectivity index is 1.45. The largest absolute Gasteiger partial charge is 0.471 e. The van der Waals surface area contributed by atoms with Crippen molar-refractivity contribution in [3.8, 4) is 17.4 Å². The lowest BCUT2D eigenvalue weighted by atomic mass is 9.85. The van der Waals surface area contributed by atoms with Gasteiger partial charge in [0, 0.05) is 24.2 Å². The van der Waals surface area contributed by atoms with Gasteiger partial charge < -0.3 is 30.9 Å². The zero-order valence-electron chi connectivity index (χ0n) is 30.2. The Labute approximate surface area is 301 Å². The number of nitrogens with zero attached hydrogens (tertiary/aromatic N) is 4. The topological polar surface area (TPSA) is 185 Å². The molecular weight excluding hydrogens is 673 g/mol. The number of carbonyl (C=O) groups is 5. The third-order valence-corrected chi connectivity index (χ3v) is 9.41. The lowest BCUT2D eigenvalue weighted by Gasteiger charge is -2.36. The maximum absolute atomic E-state index is 14.5. The van der Waals surface area contributed by atoms with Crippen LogP contribution in [0.5, 0.6) is 5.88 Å². The van der Waals surface area contributed by atoms with Gasteiger partial charge in [-0.25, -0.2) is 9.78 Å². The summed E-state index contributed by atoms with van der Waals surface area (Å²) in [4.78, 5) is 82.7. The highest BCUT2D eigenvalue weighted by Crippen LogP contribution is 2.34. The van der Waals surface area contributed by atoms with E-state index in [0.29, 0.717) is 34.0 Å². The number of aromatic nitrogens is 3. The van der Waals surface area contributed by atoms with E-state index < -0.39 is 64.7 Å². The Bertz CT molecular complexity index is 1760. The molecule has 0 spiro atoms. The molecule has 1 saturated carbocycles. The van der Waals surface area contributed by atoms with E-state index in [2.05, 4.69) is 31.2 Å². The summed E-state index contributed by atoms with van der Waals surface area (Å²) < 4.78 is 7.20. The number of fused-ring (bicyclic) bond motifs is 1.